The van der Waals surface area contributed by atoms with Gasteiger partial charge in [-0.2, -0.15) is 13.2 Å². The Morgan fingerprint density at radius 2 is 2.05 bits per heavy atom. The molecule has 4 heterocycles. The molecule has 0 saturated carbocycles. The van der Waals surface area contributed by atoms with Crippen LogP contribution in [0.2, 0.25) is 0 Å². The van der Waals surface area contributed by atoms with E-state index in [9.17, 15) is 22.8 Å². The molecule has 1 unspecified atom stereocenters. The number of likely N-dealkylation sites (N-methyl/N-ethyl adjacent to an activating group) is 1. The van der Waals surface area contributed by atoms with Crippen LogP contribution < -0.4 is 10.6 Å². The van der Waals surface area contributed by atoms with E-state index >= 15 is 4.39 Å². The van der Waals surface area contributed by atoms with E-state index in [1.807, 2.05) is 6.92 Å². The molecule has 2 N–H and O–H groups in total. The minimum Gasteiger partial charge on any atom is -0.351 e. The number of likely N-dealkylation sites (tertiary alicyclic amines) is 1. The van der Waals surface area contributed by atoms with E-state index in [1.165, 1.54) is 19.2 Å². The SMILES string of the molecule is CCC(C)C(=O)NCc1sc2c(-c3nc(C(F)(F)F)cc(C)c3C(=O)N3CC[C@H](NC)C3)ccnc2c1F. The Bertz CT molecular complexity index is 1370. The van der Waals surface area contributed by atoms with Gasteiger partial charge in [-0.1, -0.05) is 13.8 Å². The van der Waals surface area contributed by atoms with Crippen molar-refractivity contribution in [3.8, 4) is 11.3 Å². The third-order valence-electron chi connectivity index (χ3n) is 6.93. The average molecular weight is 552 g/mol. The van der Waals surface area contributed by atoms with Crippen LogP contribution in [0.15, 0.2) is 18.3 Å². The van der Waals surface area contributed by atoms with E-state index in [2.05, 4.69) is 20.6 Å². The van der Waals surface area contributed by atoms with Crippen LogP contribution in [0.4, 0.5) is 17.6 Å². The molecule has 3 aromatic heterocycles. The Kier molecular flexibility index (Phi) is 8.03. The molecule has 12 heteroatoms. The quantitative estimate of drug-likeness (QED) is 0.407. The van der Waals surface area contributed by atoms with Gasteiger partial charge in [-0.25, -0.2) is 9.37 Å². The van der Waals surface area contributed by atoms with Gasteiger partial charge in [-0.3, -0.25) is 14.6 Å². The second-order valence-corrected chi connectivity index (χ2v) is 10.6. The number of hydrogen-bond acceptors (Lipinski definition) is 6. The monoisotopic (exact) mass is 551 g/mol. The van der Waals surface area contributed by atoms with Crippen LogP contribution in [0.5, 0.6) is 0 Å². The summed E-state index contributed by atoms with van der Waals surface area (Å²) < 4.78 is 56.9. The highest BCUT2D eigenvalue weighted by molar-refractivity contribution is 7.19. The lowest BCUT2D eigenvalue weighted by Crippen LogP contribution is -2.34. The summed E-state index contributed by atoms with van der Waals surface area (Å²) in [5.41, 5.74) is -1.00. The first-order valence-electron chi connectivity index (χ1n) is 12.4. The molecule has 0 spiro atoms. The zero-order valence-corrected chi connectivity index (χ0v) is 22.3. The van der Waals surface area contributed by atoms with Crippen LogP contribution in [-0.2, 0) is 17.5 Å². The fraction of sp³-hybridized carbons (Fsp3) is 0.462. The number of alkyl halides is 3. The molecule has 2 amide bonds. The van der Waals surface area contributed by atoms with E-state index in [0.29, 0.717) is 25.9 Å². The van der Waals surface area contributed by atoms with Crippen molar-refractivity contribution >= 4 is 33.4 Å². The molecule has 1 fully saturated rings. The molecule has 38 heavy (non-hydrogen) atoms. The standard InChI is InChI=1S/C26H29F4N5O2S/c1-5-13(2)24(36)33-11-17-20(27)22-23(38-17)16(6-8-32-22)21-19(14(3)10-18(34-21)26(28,29)30)25(37)35-9-7-15(12-35)31-4/h6,8,10,13,15,31H,5,7,9,11-12H2,1-4H3,(H,33,36)/t13?,15-/m0/s1. The molecule has 0 bridgehead atoms. The molecule has 0 aliphatic carbocycles. The van der Waals surface area contributed by atoms with Gasteiger partial charge in [-0.15, -0.1) is 11.3 Å². The summed E-state index contributed by atoms with van der Waals surface area (Å²) in [6.07, 6.45) is -2.13. The fourth-order valence-electron chi connectivity index (χ4n) is 4.46. The molecule has 2 atom stereocenters. The molecule has 3 aromatic rings. The maximum absolute atomic E-state index is 15.3. The lowest BCUT2D eigenvalue weighted by molar-refractivity contribution is -0.141. The highest BCUT2D eigenvalue weighted by Crippen LogP contribution is 2.40. The number of thiophene rings is 1. The molecular formula is C26H29F4N5O2S. The third-order valence-corrected chi connectivity index (χ3v) is 8.11. The van der Waals surface area contributed by atoms with E-state index < -0.39 is 23.6 Å². The first-order chi connectivity index (χ1) is 18.0. The Morgan fingerprint density at radius 1 is 1.32 bits per heavy atom. The van der Waals surface area contributed by atoms with Gasteiger partial charge in [0.2, 0.25) is 5.91 Å². The first-order valence-corrected chi connectivity index (χ1v) is 13.2. The van der Waals surface area contributed by atoms with Gasteiger partial charge in [0.15, 0.2) is 5.82 Å². The number of rotatable bonds is 7. The summed E-state index contributed by atoms with van der Waals surface area (Å²) in [6, 6.07) is 2.39. The van der Waals surface area contributed by atoms with E-state index in [-0.39, 0.29) is 61.9 Å². The second-order valence-electron chi connectivity index (χ2n) is 9.47. The van der Waals surface area contributed by atoms with Crippen LogP contribution in [0, 0.1) is 18.7 Å². The van der Waals surface area contributed by atoms with Crippen molar-refractivity contribution in [2.45, 2.75) is 52.4 Å². The van der Waals surface area contributed by atoms with Gasteiger partial charge < -0.3 is 15.5 Å². The van der Waals surface area contributed by atoms with Gasteiger partial charge in [0.1, 0.15) is 11.2 Å². The normalized spacial score (nSPS) is 16.7. The van der Waals surface area contributed by atoms with Crippen LogP contribution in [0.1, 0.15) is 53.2 Å². The Labute approximate surface area is 221 Å². The molecule has 1 aliphatic heterocycles. The Balaban J connectivity index is 1.84. The summed E-state index contributed by atoms with van der Waals surface area (Å²) >= 11 is 0.974. The van der Waals surface area contributed by atoms with Crippen LogP contribution in [-0.4, -0.2) is 52.9 Å². The summed E-state index contributed by atoms with van der Waals surface area (Å²) in [5, 5.41) is 5.82. The van der Waals surface area contributed by atoms with Crippen molar-refractivity contribution in [3.05, 3.63) is 45.8 Å². The highest BCUT2D eigenvalue weighted by atomic mass is 32.1. The fourth-order valence-corrected chi connectivity index (χ4v) is 5.55. The number of nitrogens with zero attached hydrogens (tertiary/aromatic N) is 3. The zero-order valence-electron chi connectivity index (χ0n) is 21.5. The average Bonchev–Trinajstić information content (AvgIpc) is 3.50. The maximum atomic E-state index is 15.3. The Morgan fingerprint density at radius 3 is 2.68 bits per heavy atom. The van der Waals surface area contributed by atoms with Gasteiger partial charge in [0, 0.05) is 36.8 Å². The molecule has 7 nitrogen and oxygen atoms in total. The van der Waals surface area contributed by atoms with Crippen molar-refractivity contribution in [3.63, 3.8) is 0 Å². The minimum absolute atomic E-state index is 0.0442. The van der Waals surface area contributed by atoms with Gasteiger partial charge in [0.05, 0.1) is 27.4 Å². The first kappa shape index (κ1) is 27.9. The summed E-state index contributed by atoms with van der Waals surface area (Å²) in [5.74, 6) is -1.57. The molecule has 1 saturated heterocycles. The lowest BCUT2D eigenvalue weighted by Gasteiger charge is -2.21. The number of fused-ring (bicyclic) bond motifs is 1. The summed E-state index contributed by atoms with van der Waals surface area (Å²) in [4.78, 5) is 35.6. The summed E-state index contributed by atoms with van der Waals surface area (Å²) in [6.45, 7) is 5.84. The smallest absolute Gasteiger partial charge is 0.351 e. The molecule has 0 radical (unpaired) electrons. The number of amides is 2. The van der Waals surface area contributed by atoms with Crippen molar-refractivity contribution in [1.29, 1.82) is 0 Å². The van der Waals surface area contributed by atoms with Crippen LogP contribution >= 0.6 is 11.3 Å². The van der Waals surface area contributed by atoms with Crippen LogP contribution in [0.3, 0.4) is 0 Å². The summed E-state index contributed by atoms with van der Waals surface area (Å²) in [7, 11) is 1.79. The molecule has 4 rings (SSSR count). The predicted octanol–water partition coefficient (Wildman–Crippen LogP) is 4.92. The van der Waals surface area contributed by atoms with E-state index in [4.69, 9.17) is 0 Å². The molecule has 1 aliphatic rings. The second kappa shape index (κ2) is 10.9. The van der Waals surface area contributed by atoms with Crippen molar-refractivity contribution in [2.24, 2.45) is 5.92 Å². The number of carbonyl (C=O) groups is 2. The maximum Gasteiger partial charge on any atom is 0.433 e. The van der Waals surface area contributed by atoms with E-state index in [0.717, 1.165) is 17.4 Å². The van der Waals surface area contributed by atoms with Gasteiger partial charge in [0.25, 0.3) is 5.91 Å². The highest BCUT2D eigenvalue weighted by Gasteiger charge is 2.36. The molecular weight excluding hydrogens is 522 g/mol. The number of aromatic nitrogens is 2. The largest absolute Gasteiger partial charge is 0.433 e. The van der Waals surface area contributed by atoms with Crippen molar-refractivity contribution in [1.82, 2.24) is 25.5 Å². The molecule has 0 aromatic carbocycles. The van der Waals surface area contributed by atoms with E-state index in [1.54, 1.807) is 18.9 Å². The van der Waals surface area contributed by atoms with Gasteiger partial charge in [-0.05, 0) is 44.5 Å². The Hall–Kier alpha value is -3.12. The number of hydrogen-bond donors (Lipinski definition) is 2. The van der Waals surface area contributed by atoms with Crippen molar-refractivity contribution in [2.75, 3.05) is 20.1 Å². The number of pyridine rings is 2. The van der Waals surface area contributed by atoms with Crippen molar-refractivity contribution < 1.29 is 27.2 Å². The number of aryl methyl sites for hydroxylation is 1. The van der Waals surface area contributed by atoms with Crippen LogP contribution in [0.25, 0.3) is 21.5 Å². The number of halogens is 4. The minimum atomic E-state index is -4.75. The topological polar surface area (TPSA) is 87.2 Å². The zero-order chi connectivity index (χ0) is 27.8. The molecule has 204 valence electrons. The third kappa shape index (κ3) is 5.37. The predicted molar refractivity (Wildman–Crippen MR) is 137 cm³/mol. The lowest BCUT2D eigenvalue weighted by atomic mass is 9.99. The number of nitrogens with one attached hydrogen (secondary N) is 2. The number of carbonyl (C=O) groups excluding carboxylic acids is 2. The van der Waals surface area contributed by atoms with Gasteiger partial charge >= 0.3 is 6.18 Å².